The van der Waals surface area contributed by atoms with E-state index in [1.54, 1.807) is 19.1 Å². The number of pyridine rings is 1. The number of fused-ring (bicyclic) bond motifs is 1. The molecule has 2 aromatic rings. The van der Waals surface area contributed by atoms with Crippen LogP contribution >= 0.6 is 12.4 Å². The third-order valence-corrected chi connectivity index (χ3v) is 3.76. The van der Waals surface area contributed by atoms with Crippen molar-refractivity contribution in [2.45, 2.75) is 19.9 Å². The number of amides is 1. The summed E-state index contributed by atoms with van der Waals surface area (Å²) in [6.07, 6.45) is 0.579. The lowest BCUT2D eigenvalue weighted by molar-refractivity contribution is 0.102. The monoisotopic (exact) mass is 337 g/mol. The first-order valence-electron chi connectivity index (χ1n) is 7.08. The number of hydrogen-bond acceptors (Lipinski definition) is 3. The van der Waals surface area contributed by atoms with E-state index in [1.807, 2.05) is 0 Å². The van der Waals surface area contributed by atoms with E-state index in [-0.39, 0.29) is 23.7 Å². The van der Waals surface area contributed by atoms with E-state index in [4.69, 9.17) is 0 Å². The van der Waals surface area contributed by atoms with Gasteiger partial charge in [0.15, 0.2) is 0 Å². The van der Waals surface area contributed by atoms with Crippen LogP contribution in [0.5, 0.6) is 0 Å². The van der Waals surface area contributed by atoms with Gasteiger partial charge in [-0.1, -0.05) is 6.07 Å². The lowest BCUT2D eigenvalue weighted by atomic mass is 9.99. The Morgan fingerprint density at radius 2 is 2.04 bits per heavy atom. The molecule has 0 spiro atoms. The molecule has 2 heterocycles. The molecule has 3 rings (SSSR count). The van der Waals surface area contributed by atoms with E-state index < -0.39 is 17.3 Å². The summed E-state index contributed by atoms with van der Waals surface area (Å²) in [6, 6.07) is 6.38. The fourth-order valence-corrected chi connectivity index (χ4v) is 2.57. The van der Waals surface area contributed by atoms with Gasteiger partial charge in [-0.3, -0.25) is 9.59 Å². The summed E-state index contributed by atoms with van der Waals surface area (Å²) in [6.45, 7) is 3.05. The van der Waals surface area contributed by atoms with Crippen molar-refractivity contribution >= 4 is 24.0 Å². The Morgan fingerprint density at radius 3 is 2.78 bits per heavy atom. The van der Waals surface area contributed by atoms with Gasteiger partial charge >= 0.3 is 0 Å². The Kier molecular flexibility index (Phi) is 5.18. The van der Waals surface area contributed by atoms with E-state index in [9.17, 15) is 14.0 Å². The highest BCUT2D eigenvalue weighted by Crippen LogP contribution is 2.24. The van der Waals surface area contributed by atoms with Gasteiger partial charge in [0.05, 0.1) is 5.69 Å². The van der Waals surface area contributed by atoms with E-state index in [0.29, 0.717) is 30.8 Å². The minimum Gasteiger partial charge on any atom is -0.326 e. The largest absolute Gasteiger partial charge is 0.326 e. The van der Waals surface area contributed by atoms with E-state index in [2.05, 4.69) is 15.6 Å². The number of carbonyl (C=O) groups is 1. The number of nitrogens with one attached hydrogen (secondary N) is 3. The molecule has 1 aliphatic rings. The first-order valence-corrected chi connectivity index (χ1v) is 7.08. The molecule has 23 heavy (non-hydrogen) atoms. The quantitative estimate of drug-likeness (QED) is 0.786. The molecule has 3 N–H and O–H groups in total. The van der Waals surface area contributed by atoms with Crippen molar-refractivity contribution in [1.29, 1.82) is 0 Å². The second-order valence-corrected chi connectivity index (χ2v) is 5.33. The number of aromatic nitrogens is 1. The third kappa shape index (κ3) is 3.43. The van der Waals surface area contributed by atoms with Gasteiger partial charge in [0.1, 0.15) is 11.4 Å². The highest BCUT2D eigenvalue weighted by Gasteiger charge is 2.18. The second kappa shape index (κ2) is 6.93. The number of H-pyrrole nitrogens is 1. The van der Waals surface area contributed by atoms with E-state index >= 15 is 0 Å². The normalized spacial score (nSPS) is 13.0. The van der Waals surface area contributed by atoms with Gasteiger partial charge in [0.2, 0.25) is 0 Å². The molecule has 0 atom stereocenters. The molecular formula is C16H17ClFN3O2. The molecule has 1 aliphatic heterocycles. The van der Waals surface area contributed by atoms with E-state index in [1.165, 1.54) is 12.1 Å². The standard InChI is InChI=1S/C16H16FN3O2.ClH/c1-9-2-4-12(15(21)19-9)16(22)20-13-5-3-10-8-18-7-6-11(10)14(13)17;/h2-5,18H,6-8H2,1H3,(H,19,21)(H,20,22);1H. The number of rotatable bonds is 2. The summed E-state index contributed by atoms with van der Waals surface area (Å²) in [5, 5.41) is 5.65. The van der Waals surface area contributed by atoms with Crippen molar-refractivity contribution in [2.75, 3.05) is 11.9 Å². The molecule has 0 bridgehead atoms. The van der Waals surface area contributed by atoms with Crippen LogP contribution in [0, 0.1) is 12.7 Å². The molecule has 1 amide bonds. The number of anilines is 1. The summed E-state index contributed by atoms with van der Waals surface area (Å²) in [5.41, 5.74) is 1.76. The first-order chi connectivity index (χ1) is 10.6. The molecule has 0 aliphatic carbocycles. The summed E-state index contributed by atoms with van der Waals surface area (Å²) in [4.78, 5) is 26.5. The number of benzene rings is 1. The predicted octanol–water partition coefficient (Wildman–Crippen LogP) is 2.14. The highest BCUT2D eigenvalue weighted by molar-refractivity contribution is 6.04. The zero-order valence-corrected chi connectivity index (χ0v) is 13.3. The van der Waals surface area contributed by atoms with Gasteiger partial charge in [-0.05, 0) is 49.2 Å². The molecule has 0 radical (unpaired) electrons. The Labute approximate surface area is 138 Å². The molecule has 0 saturated heterocycles. The number of aromatic amines is 1. The third-order valence-electron chi connectivity index (χ3n) is 3.76. The molecule has 1 aromatic carbocycles. The molecule has 122 valence electrons. The molecule has 5 nitrogen and oxygen atoms in total. The lowest BCUT2D eigenvalue weighted by Crippen LogP contribution is -2.26. The van der Waals surface area contributed by atoms with Crippen LogP contribution < -0.4 is 16.2 Å². The van der Waals surface area contributed by atoms with Gasteiger partial charge in [0, 0.05) is 12.2 Å². The van der Waals surface area contributed by atoms with Crippen LogP contribution in [-0.4, -0.2) is 17.4 Å². The average Bonchev–Trinajstić information content (AvgIpc) is 2.50. The Balaban J connectivity index is 0.00000192. The zero-order valence-electron chi connectivity index (χ0n) is 12.5. The van der Waals surface area contributed by atoms with Gasteiger partial charge < -0.3 is 15.6 Å². The number of aryl methyl sites for hydroxylation is 1. The maximum Gasteiger partial charge on any atom is 0.261 e. The lowest BCUT2D eigenvalue weighted by Gasteiger charge is -2.19. The summed E-state index contributed by atoms with van der Waals surface area (Å²) in [7, 11) is 0. The van der Waals surface area contributed by atoms with Crippen molar-refractivity contribution < 1.29 is 9.18 Å². The first kappa shape index (κ1) is 17.2. The van der Waals surface area contributed by atoms with Crippen LogP contribution in [0.4, 0.5) is 10.1 Å². The van der Waals surface area contributed by atoms with Gasteiger partial charge in [-0.25, -0.2) is 4.39 Å². The van der Waals surface area contributed by atoms with Crippen molar-refractivity contribution in [1.82, 2.24) is 10.3 Å². The fraction of sp³-hybridized carbons (Fsp3) is 0.250. The van der Waals surface area contributed by atoms with Crippen LogP contribution in [0.3, 0.4) is 0 Å². The maximum atomic E-state index is 14.5. The minimum absolute atomic E-state index is 0. The SMILES string of the molecule is Cc1ccc(C(=O)Nc2ccc3c(c2F)CCNC3)c(=O)[nH]1.Cl. The van der Waals surface area contributed by atoms with Crippen LogP contribution in [0.25, 0.3) is 0 Å². The van der Waals surface area contributed by atoms with Crippen LogP contribution in [0.15, 0.2) is 29.1 Å². The van der Waals surface area contributed by atoms with Crippen LogP contribution in [-0.2, 0) is 13.0 Å². The molecule has 1 aromatic heterocycles. The highest BCUT2D eigenvalue weighted by atomic mass is 35.5. The second-order valence-electron chi connectivity index (χ2n) is 5.33. The Morgan fingerprint density at radius 1 is 1.26 bits per heavy atom. The zero-order chi connectivity index (χ0) is 15.7. The van der Waals surface area contributed by atoms with Crippen LogP contribution in [0.1, 0.15) is 27.2 Å². The van der Waals surface area contributed by atoms with Gasteiger partial charge in [-0.2, -0.15) is 0 Å². The summed E-state index contributed by atoms with van der Waals surface area (Å²) in [5.74, 6) is -1.04. The molecule has 7 heteroatoms. The smallest absolute Gasteiger partial charge is 0.261 e. The predicted molar refractivity (Wildman–Crippen MR) is 88.8 cm³/mol. The van der Waals surface area contributed by atoms with E-state index in [0.717, 1.165) is 5.56 Å². The van der Waals surface area contributed by atoms with Crippen molar-refractivity contribution in [2.24, 2.45) is 0 Å². The molecule has 0 saturated carbocycles. The van der Waals surface area contributed by atoms with Gasteiger partial charge in [0.25, 0.3) is 11.5 Å². The topological polar surface area (TPSA) is 74.0 Å². The maximum absolute atomic E-state index is 14.5. The van der Waals surface area contributed by atoms with Crippen LogP contribution in [0.2, 0.25) is 0 Å². The number of halogens is 2. The molecular weight excluding hydrogens is 321 g/mol. The Bertz CT molecular complexity index is 804. The van der Waals surface area contributed by atoms with Crippen molar-refractivity contribution in [3.63, 3.8) is 0 Å². The number of carbonyl (C=O) groups excluding carboxylic acids is 1. The number of hydrogen-bond donors (Lipinski definition) is 3. The summed E-state index contributed by atoms with van der Waals surface area (Å²) < 4.78 is 14.5. The molecule has 0 unspecified atom stereocenters. The molecule has 0 fully saturated rings. The average molecular weight is 338 g/mol. The minimum atomic E-state index is -0.617. The fourth-order valence-electron chi connectivity index (χ4n) is 2.57. The van der Waals surface area contributed by atoms with Crippen molar-refractivity contribution in [3.8, 4) is 0 Å². The van der Waals surface area contributed by atoms with Crippen molar-refractivity contribution in [3.05, 3.63) is 62.8 Å². The summed E-state index contributed by atoms with van der Waals surface area (Å²) >= 11 is 0. The Hall–Kier alpha value is -2.18. The van der Waals surface area contributed by atoms with Gasteiger partial charge in [-0.15, -0.1) is 12.4 Å².